The van der Waals surface area contributed by atoms with E-state index >= 15 is 0 Å². The predicted octanol–water partition coefficient (Wildman–Crippen LogP) is 4.26. The summed E-state index contributed by atoms with van der Waals surface area (Å²) in [4.78, 5) is 3.82. The minimum atomic E-state index is -3.70. The van der Waals surface area contributed by atoms with E-state index in [1.807, 2.05) is 12.1 Å². The second-order valence-corrected chi connectivity index (χ2v) is 10.9. The van der Waals surface area contributed by atoms with Gasteiger partial charge >= 0.3 is 0 Å². The first kappa shape index (κ1) is 21.6. The number of fused-ring (bicyclic) bond motifs is 3. The Bertz CT molecular complexity index is 1420. The quantitative estimate of drug-likeness (QED) is 0.441. The molecule has 2 heterocycles. The predicted molar refractivity (Wildman–Crippen MR) is 133 cm³/mol. The monoisotopic (exact) mass is 482 g/mol. The van der Waals surface area contributed by atoms with Gasteiger partial charge in [0.1, 0.15) is 7.85 Å². The maximum Gasteiger partial charge on any atom is 0.243 e. The largest absolute Gasteiger partial charge is 0.357 e. The fourth-order valence-corrected chi connectivity index (χ4v) is 6.68. The van der Waals surface area contributed by atoms with Gasteiger partial charge in [0.15, 0.2) is 0 Å². The highest BCUT2D eigenvalue weighted by Crippen LogP contribution is 2.40. The van der Waals surface area contributed by atoms with E-state index in [-0.39, 0.29) is 0 Å². The lowest BCUT2D eigenvalue weighted by Crippen LogP contribution is -2.41. The van der Waals surface area contributed by atoms with Crippen molar-refractivity contribution in [3.05, 3.63) is 93.6 Å². The molecule has 1 N–H and O–H groups in total. The van der Waals surface area contributed by atoms with Crippen molar-refractivity contribution < 1.29 is 8.42 Å². The van der Waals surface area contributed by atoms with Crippen molar-refractivity contribution >= 4 is 57.4 Å². The molecule has 162 valence electrons. The maximum atomic E-state index is 13.7. The van der Waals surface area contributed by atoms with E-state index in [1.165, 1.54) is 11.0 Å². The highest BCUT2D eigenvalue weighted by molar-refractivity contribution is 7.89. The van der Waals surface area contributed by atoms with Crippen LogP contribution in [-0.2, 0) is 22.9 Å². The normalized spacial score (nSPS) is 16.9. The van der Waals surface area contributed by atoms with E-state index in [1.54, 1.807) is 40.7 Å². The van der Waals surface area contributed by atoms with Gasteiger partial charge in [-0.3, -0.25) is 0 Å². The second kappa shape index (κ2) is 8.27. The van der Waals surface area contributed by atoms with E-state index in [9.17, 15) is 8.42 Å². The lowest BCUT2D eigenvalue weighted by Gasteiger charge is -2.35. The summed E-state index contributed by atoms with van der Waals surface area (Å²) >= 11 is 12.6. The Balaban J connectivity index is 1.66. The van der Waals surface area contributed by atoms with Crippen LogP contribution in [0.4, 0.5) is 0 Å². The molecule has 3 aromatic carbocycles. The number of nitrogens with zero attached hydrogens (tertiary/aromatic N) is 1. The maximum absolute atomic E-state index is 13.7. The van der Waals surface area contributed by atoms with Gasteiger partial charge in [-0.15, -0.1) is 0 Å². The number of H-pyrrole nitrogens is 1. The molecular weight excluding hydrogens is 462 g/mol. The third-order valence-electron chi connectivity index (χ3n) is 6.14. The summed E-state index contributed by atoms with van der Waals surface area (Å²) in [5, 5.41) is 2.25. The number of rotatable bonds is 4. The Labute approximate surface area is 198 Å². The Hall–Kier alpha value is -2.25. The molecule has 0 amide bonds. The van der Waals surface area contributed by atoms with Gasteiger partial charge in [-0.1, -0.05) is 65.1 Å². The molecule has 0 bridgehead atoms. The van der Waals surface area contributed by atoms with E-state index < -0.39 is 16.1 Å². The van der Waals surface area contributed by atoms with Crippen LogP contribution in [0.15, 0.2) is 71.6 Å². The average molecular weight is 483 g/mol. The molecule has 4 nitrogen and oxygen atoms in total. The standard InChI is InChI=1S/C24H21BCl2N2O2S/c25-16-7-9-22-20(13-16)19-10-11-29(32(30,31)18-4-2-1-3-5-18)23(24(19)28-22)12-15-6-8-17(26)14-21(15)27/h1-9,13-14,23,28H,10-12,25H2. The van der Waals surface area contributed by atoms with Gasteiger partial charge in [-0.2, -0.15) is 4.31 Å². The van der Waals surface area contributed by atoms with Gasteiger partial charge in [0.05, 0.1) is 10.9 Å². The van der Waals surface area contributed by atoms with Gasteiger partial charge in [0.2, 0.25) is 10.0 Å². The van der Waals surface area contributed by atoms with Crippen LogP contribution in [0.25, 0.3) is 10.9 Å². The van der Waals surface area contributed by atoms with Crippen molar-refractivity contribution in [3.63, 3.8) is 0 Å². The molecule has 4 aromatic rings. The van der Waals surface area contributed by atoms with Crippen LogP contribution < -0.4 is 5.46 Å². The van der Waals surface area contributed by atoms with E-state index in [0.29, 0.717) is 34.3 Å². The fourth-order valence-electron chi connectivity index (χ4n) is 4.57. The summed E-state index contributed by atoms with van der Waals surface area (Å²) in [5.74, 6) is 0. The Morgan fingerprint density at radius 3 is 2.56 bits per heavy atom. The van der Waals surface area contributed by atoms with E-state index in [4.69, 9.17) is 23.2 Å². The average Bonchev–Trinajstić information content (AvgIpc) is 3.14. The highest BCUT2D eigenvalue weighted by Gasteiger charge is 2.38. The number of sulfonamides is 1. The molecule has 0 spiro atoms. The summed E-state index contributed by atoms with van der Waals surface area (Å²) in [7, 11) is -1.63. The molecule has 1 unspecified atom stereocenters. The van der Waals surface area contributed by atoms with Crippen molar-refractivity contribution in [2.75, 3.05) is 6.54 Å². The number of nitrogens with one attached hydrogen (secondary N) is 1. The number of hydrogen-bond acceptors (Lipinski definition) is 2. The van der Waals surface area contributed by atoms with Crippen LogP contribution in [-0.4, -0.2) is 32.1 Å². The first-order valence-corrected chi connectivity index (χ1v) is 12.7. The molecule has 8 heteroatoms. The Morgan fingerprint density at radius 1 is 1.03 bits per heavy atom. The molecule has 0 fully saturated rings. The third kappa shape index (κ3) is 3.75. The lowest BCUT2D eigenvalue weighted by molar-refractivity contribution is 0.302. The lowest BCUT2D eigenvalue weighted by atomic mass is 9.91. The SMILES string of the molecule is Bc1ccc2[nH]c3c(c2c1)CCN(S(=O)(=O)c1ccccc1)C3Cc1ccc(Cl)cc1Cl. The minimum absolute atomic E-state index is 0.294. The molecular formula is C24H21BCl2N2O2S. The van der Waals surface area contributed by atoms with Gasteiger partial charge < -0.3 is 4.98 Å². The second-order valence-electron chi connectivity index (χ2n) is 8.20. The zero-order chi connectivity index (χ0) is 22.5. The van der Waals surface area contributed by atoms with Gasteiger partial charge in [-0.05, 0) is 54.3 Å². The van der Waals surface area contributed by atoms with Gasteiger partial charge in [-0.25, -0.2) is 8.42 Å². The molecule has 32 heavy (non-hydrogen) atoms. The van der Waals surface area contributed by atoms with Crippen molar-refractivity contribution in [1.82, 2.24) is 9.29 Å². The van der Waals surface area contributed by atoms with Crippen LogP contribution >= 0.6 is 23.2 Å². The summed E-state index contributed by atoms with van der Waals surface area (Å²) < 4.78 is 28.9. The van der Waals surface area contributed by atoms with E-state index in [0.717, 1.165) is 22.2 Å². The van der Waals surface area contributed by atoms with Gasteiger partial charge in [0, 0.05) is 33.2 Å². The van der Waals surface area contributed by atoms with Crippen LogP contribution in [0.3, 0.4) is 0 Å². The number of benzene rings is 3. The fraction of sp³-hybridized carbons (Fsp3) is 0.167. The summed E-state index contributed by atoms with van der Waals surface area (Å²) in [6.45, 7) is 0.404. The summed E-state index contributed by atoms with van der Waals surface area (Å²) in [5.41, 5.74) is 5.17. The molecule has 0 radical (unpaired) electrons. The van der Waals surface area contributed by atoms with Crippen molar-refractivity contribution in [2.24, 2.45) is 0 Å². The molecule has 5 rings (SSSR count). The van der Waals surface area contributed by atoms with Crippen LogP contribution in [0.5, 0.6) is 0 Å². The number of halogens is 2. The van der Waals surface area contributed by atoms with Crippen LogP contribution in [0.1, 0.15) is 22.9 Å². The van der Waals surface area contributed by atoms with E-state index in [2.05, 4.69) is 31.0 Å². The summed E-state index contributed by atoms with van der Waals surface area (Å²) in [6, 6.07) is 19.9. The zero-order valence-corrected chi connectivity index (χ0v) is 19.8. The first-order valence-electron chi connectivity index (χ1n) is 10.5. The van der Waals surface area contributed by atoms with Crippen LogP contribution in [0, 0.1) is 0 Å². The number of hydrogen-bond donors (Lipinski definition) is 1. The first-order chi connectivity index (χ1) is 15.3. The molecule has 0 saturated heterocycles. The van der Waals surface area contributed by atoms with Gasteiger partial charge in [0.25, 0.3) is 0 Å². The van der Waals surface area contributed by atoms with Crippen molar-refractivity contribution in [1.29, 1.82) is 0 Å². The molecule has 0 aliphatic carbocycles. The van der Waals surface area contributed by atoms with Crippen LogP contribution in [0.2, 0.25) is 10.0 Å². The molecule has 1 atom stereocenters. The number of aromatic amines is 1. The summed E-state index contributed by atoms with van der Waals surface area (Å²) in [6.07, 6.45) is 1.09. The molecule has 1 aliphatic heterocycles. The minimum Gasteiger partial charge on any atom is -0.357 e. The van der Waals surface area contributed by atoms with Crippen molar-refractivity contribution in [3.8, 4) is 0 Å². The molecule has 1 aromatic heterocycles. The Kier molecular flexibility index (Phi) is 5.58. The third-order valence-corrected chi connectivity index (χ3v) is 8.65. The molecule has 0 saturated carbocycles. The van der Waals surface area contributed by atoms with Crippen molar-refractivity contribution in [2.45, 2.75) is 23.8 Å². The highest BCUT2D eigenvalue weighted by atomic mass is 35.5. The topological polar surface area (TPSA) is 53.2 Å². The molecule has 1 aliphatic rings. The Morgan fingerprint density at radius 2 is 1.81 bits per heavy atom. The zero-order valence-electron chi connectivity index (χ0n) is 17.5. The smallest absolute Gasteiger partial charge is 0.243 e. The number of aromatic nitrogens is 1.